The minimum Gasteiger partial charge on any atom is -0.457 e. The third kappa shape index (κ3) is 9.95. The first kappa shape index (κ1) is 20.5. The number of esters is 1. The molecule has 0 rings (SSSR count). The molecule has 0 heterocycles. The quantitative estimate of drug-likeness (QED) is 0.342. The molecule has 126 valence electrons. The van der Waals surface area contributed by atoms with Crippen molar-refractivity contribution in [1.29, 1.82) is 0 Å². The lowest BCUT2D eigenvalue weighted by atomic mass is 10.2. The molecule has 0 bridgehead atoms. The second kappa shape index (κ2) is 8.82. The van der Waals surface area contributed by atoms with Crippen LogP contribution in [0.1, 0.15) is 20.3 Å². The van der Waals surface area contributed by atoms with Gasteiger partial charge in [-0.05, 0) is 6.42 Å². The van der Waals surface area contributed by atoms with Gasteiger partial charge in [-0.25, -0.2) is 4.57 Å². The maximum absolute atomic E-state index is 11.9. The fourth-order valence-electron chi connectivity index (χ4n) is 1.48. The van der Waals surface area contributed by atoms with Crippen LogP contribution in [0, 0.1) is 0 Å². The standard InChI is InChI=1S/C12H26NO7P/c1-6-11(12(9-14)19-10(2)15)20-21(16,17)18-8-7-13(3,4)5/h11-12,14H,6-9H2,1-5H3/p+1/t11?,12-/m0/s1. The van der Waals surface area contributed by atoms with Crippen molar-refractivity contribution in [3.05, 3.63) is 0 Å². The Balaban J connectivity index is 4.55. The molecule has 9 heteroatoms. The zero-order valence-corrected chi connectivity index (χ0v) is 14.2. The number of quaternary nitrogens is 1. The molecule has 0 aliphatic heterocycles. The van der Waals surface area contributed by atoms with E-state index in [1.54, 1.807) is 6.92 Å². The van der Waals surface area contributed by atoms with E-state index in [0.717, 1.165) is 0 Å². The zero-order chi connectivity index (χ0) is 16.7. The number of carbonyl (C=O) groups excluding carboxylic acids is 1. The van der Waals surface area contributed by atoms with Crippen molar-refractivity contribution in [3.8, 4) is 0 Å². The average molecular weight is 328 g/mol. The third-order valence-electron chi connectivity index (χ3n) is 2.60. The molecular weight excluding hydrogens is 301 g/mol. The van der Waals surface area contributed by atoms with Gasteiger partial charge in [0.2, 0.25) is 0 Å². The van der Waals surface area contributed by atoms with Gasteiger partial charge >= 0.3 is 13.8 Å². The van der Waals surface area contributed by atoms with Gasteiger partial charge < -0.3 is 19.2 Å². The van der Waals surface area contributed by atoms with Gasteiger partial charge in [0.1, 0.15) is 19.3 Å². The monoisotopic (exact) mass is 328 g/mol. The molecule has 0 spiro atoms. The lowest BCUT2D eigenvalue weighted by molar-refractivity contribution is -0.870. The van der Waals surface area contributed by atoms with Crippen LogP contribution < -0.4 is 0 Å². The van der Waals surface area contributed by atoms with E-state index in [1.165, 1.54) is 6.92 Å². The summed E-state index contributed by atoms with van der Waals surface area (Å²) in [5.41, 5.74) is 0. The minimum absolute atomic E-state index is 0.0467. The fourth-order valence-corrected chi connectivity index (χ4v) is 2.48. The molecule has 0 aromatic carbocycles. The summed E-state index contributed by atoms with van der Waals surface area (Å²) in [4.78, 5) is 20.6. The van der Waals surface area contributed by atoms with Crippen LogP contribution in [-0.4, -0.2) is 73.6 Å². The average Bonchev–Trinajstić information content (AvgIpc) is 2.31. The molecule has 8 nitrogen and oxygen atoms in total. The van der Waals surface area contributed by atoms with Gasteiger partial charge in [-0.15, -0.1) is 0 Å². The number of phosphoric acid groups is 1. The lowest BCUT2D eigenvalue weighted by Gasteiger charge is -2.27. The Hall–Kier alpha value is -0.500. The number of carbonyl (C=O) groups is 1. The van der Waals surface area contributed by atoms with Gasteiger partial charge in [0.25, 0.3) is 0 Å². The summed E-state index contributed by atoms with van der Waals surface area (Å²) in [6.45, 7) is 2.94. The van der Waals surface area contributed by atoms with E-state index in [9.17, 15) is 19.4 Å². The molecule has 0 aromatic rings. The number of phosphoric ester groups is 1. The number of aliphatic hydroxyl groups is 1. The fraction of sp³-hybridized carbons (Fsp3) is 0.917. The maximum Gasteiger partial charge on any atom is 0.472 e. The lowest BCUT2D eigenvalue weighted by Crippen LogP contribution is -2.38. The Kier molecular flexibility index (Phi) is 8.61. The molecule has 0 radical (unpaired) electrons. The van der Waals surface area contributed by atoms with E-state index in [-0.39, 0.29) is 13.0 Å². The smallest absolute Gasteiger partial charge is 0.457 e. The highest BCUT2D eigenvalue weighted by Gasteiger charge is 2.32. The third-order valence-corrected chi connectivity index (χ3v) is 3.65. The summed E-state index contributed by atoms with van der Waals surface area (Å²) in [6, 6.07) is 0. The van der Waals surface area contributed by atoms with Crippen molar-refractivity contribution < 1.29 is 37.6 Å². The van der Waals surface area contributed by atoms with Crippen LogP contribution in [0.3, 0.4) is 0 Å². The van der Waals surface area contributed by atoms with Crippen molar-refractivity contribution in [3.63, 3.8) is 0 Å². The molecule has 2 N–H and O–H groups in total. The number of nitrogens with zero attached hydrogens (tertiary/aromatic N) is 1. The Morgan fingerprint density at radius 2 is 1.86 bits per heavy atom. The van der Waals surface area contributed by atoms with Crippen LogP contribution in [0.15, 0.2) is 0 Å². The van der Waals surface area contributed by atoms with Gasteiger partial charge in [-0.2, -0.15) is 0 Å². The van der Waals surface area contributed by atoms with Crippen LogP contribution in [0.4, 0.5) is 0 Å². The predicted molar refractivity (Wildman–Crippen MR) is 76.5 cm³/mol. The number of rotatable bonds is 10. The van der Waals surface area contributed by atoms with E-state index in [0.29, 0.717) is 11.0 Å². The zero-order valence-electron chi connectivity index (χ0n) is 13.3. The first-order valence-electron chi connectivity index (χ1n) is 6.75. The van der Waals surface area contributed by atoms with E-state index in [4.69, 9.17) is 13.8 Å². The van der Waals surface area contributed by atoms with Crippen molar-refractivity contribution in [2.45, 2.75) is 32.5 Å². The summed E-state index contributed by atoms with van der Waals surface area (Å²) in [6.07, 6.45) is -1.64. The summed E-state index contributed by atoms with van der Waals surface area (Å²) < 4.78 is 27.2. The van der Waals surface area contributed by atoms with Gasteiger partial charge in [0, 0.05) is 6.92 Å². The molecule has 0 aromatic heterocycles. The van der Waals surface area contributed by atoms with Crippen molar-refractivity contribution in [1.82, 2.24) is 0 Å². The molecule has 0 aliphatic rings. The molecule has 21 heavy (non-hydrogen) atoms. The molecule has 0 saturated carbocycles. The first-order chi connectivity index (χ1) is 9.50. The number of aliphatic hydroxyl groups excluding tert-OH is 1. The number of hydrogen-bond donors (Lipinski definition) is 2. The molecular formula is C12H27NO7P+. The van der Waals surface area contributed by atoms with Crippen LogP contribution in [0.2, 0.25) is 0 Å². The summed E-state index contributed by atoms with van der Waals surface area (Å²) in [5.74, 6) is -0.602. The normalized spacial score (nSPS) is 17.9. The highest BCUT2D eigenvalue weighted by molar-refractivity contribution is 7.47. The topological polar surface area (TPSA) is 102 Å². The number of ether oxygens (including phenoxy) is 1. The van der Waals surface area contributed by atoms with Crippen LogP contribution in [0.5, 0.6) is 0 Å². The Bertz CT molecular complexity index is 369. The van der Waals surface area contributed by atoms with E-state index in [1.807, 2.05) is 21.1 Å². The Morgan fingerprint density at radius 3 is 2.24 bits per heavy atom. The summed E-state index contributed by atoms with van der Waals surface area (Å²) in [7, 11) is 1.49. The highest BCUT2D eigenvalue weighted by Crippen LogP contribution is 2.45. The largest absolute Gasteiger partial charge is 0.472 e. The minimum atomic E-state index is -4.27. The van der Waals surface area contributed by atoms with Crippen LogP contribution in [-0.2, 0) is 23.1 Å². The second-order valence-corrected chi connectivity index (χ2v) is 7.10. The number of hydrogen-bond acceptors (Lipinski definition) is 6. The van der Waals surface area contributed by atoms with E-state index in [2.05, 4.69) is 0 Å². The Labute approximate surface area is 125 Å². The second-order valence-electron chi connectivity index (χ2n) is 5.70. The van der Waals surface area contributed by atoms with Gasteiger partial charge in [0.05, 0.1) is 27.7 Å². The van der Waals surface area contributed by atoms with E-state index >= 15 is 0 Å². The predicted octanol–water partition coefficient (Wildman–Crippen LogP) is 0.529. The number of likely N-dealkylation sites (N-methyl/N-ethyl adjacent to an activating group) is 1. The summed E-state index contributed by atoms with van der Waals surface area (Å²) >= 11 is 0. The molecule has 0 saturated heterocycles. The van der Waals surface area contributed by atoms with Crippen molar-refractivity contribution >= 4 is 13.8 Å². The molecule has 0 aliphatic carbocycles. The van der Waals surface area contributed by atoms with Crippen LogP contribution >= 0.6 is 7.82 Å². The summed E-state index contributed by atoms with van der Waals surface area (Å²) in [5, 5.41) is 9.18. The molecule has 0 amide bonds. The maximum atomic E-state index is 11.9. The molecule has 0 fully saturated rings. The Morgan fingerprint density at radius 1 is 1.29 bits per heavy atom. The van der Waals surface area contributed by atoms with Crippen molar-refractivity contribution in [2.75, 3.05) is 40.9 Å². The van der Waals surface area contributed by atoms with Crippen LogP contribution in [0.25, 0.3) is 0 Å². The van der Waals surface area contributed by atoms with Gasteiger partial charge in [-0.1, -0.05) is 6.92 Å². The van der Waals surface area contributed by atoms with Crippen molar-refractivity contribution in [2.24, 2.45) is 0 Å². The van der Waals surface area contributed by atoms with E-state index < -0.39 is 32.6 Å². The van der Waals surface area contributed by atoms with Gasteiger partial charge in [-0.3, -0.25) is 13.8 Å². The first-order valence-corrected chi connectivity index (χ1v) is 8.24. The van der Waals surface area contributed by atoms with Gasteiger partial charge in [0.15, 0.2) is 6.10 Å². The highest BCUT2D eigenvalue weighted by atomic mass is 31.2. The SMILES string of the molecule is CCC(OP(=O)(O)OCC[N+](C)(C)C)[C@H](CO)OC(C)=O. The molecule has 2 unspecified atom stereocenters. The molecule has 3 atom stereocenters.